The minimum Gasteiger partial charge on any atom is -0.495 e. The van der Waals surface area contributed by atoms with Gasteiger partial charge in [-0.3, -0.25) is 9.78 Å². The Bertz CT molecular complexity index is 538. The van der Waals surface area contributed by atoms with E-state index in [0.717, 1.165) is 50.2 Å². The van der Waals surface area contributed by atoms with Crippen molar-refractivity contribution in [3.05, 3.63) is 24.0 Å². The third-order valence-electron chi connectivity index (χ3n) is 5.67. The minimum atomic E-state index is 0.212. The quantitative estimate of drug-likeness (QED) is 0.921. The maximum Gasteiger partial charge on any atom is 0.222 e. The molecular formula is C19H29N3O2. The van der Waals surface area contributed by atoms with Crippen molar-refractivity contribution in [2.75, 3.05) is 20.2 Å². The molecule has 2 heterocycles. The van der Waals surface area contributed by atoms with Crippen molar-refractivity contribution >= 4 is 5.91 Å². The lowest BCUT2D eigenvalue weighted by Gasteiger charge is -2.34. The van der Waals surface area contributed by atoms with Gasteiger partial charge in [-0.05, 0) is 43.7 Å². The van der Waals surface area contributed by atoms with Crippen molar-refractivity contribution in [1.82, 2.24) is 9.88 Å². The SMILES string of the molecule is COc1ccc(C2CCN(C(=O)C[C@@H]3CCCC[C@@H]3N)CC2)nc1. The topological polar surface area (TPSA) is 68.5 Å². The van der Waals surface area contributed by atoms with Gasteiger partial charge in [0.1, 0.15) is 5.75 Å². The lowest BCUT2D eigenvalue weighted by molar-refractivity contribution is -0.133. The average Bonchev–Trinajstić information content (AvgIpc) is 2.64. The van der Waals surface area contributed by atoms with Gasteiger partial charge in [-0.1, -0.05) is 12.8 Å². The number of carbonyl (C=O) groups excluding carboxylic acids is 1. The van der Waals surface area contributed by atoms with Crippen molar-refractivity contribution in [3.8, 4) is 5.75 Å². The number of methoxy groups -OCH3 is 1. The number of nitrogens with two attached hydrogens (primary N) is 1. The fraction of sp³-hybridized carbons (Fsp3) is 0.684. The van der Waals surface area contributed by atoms with Crippen molar-refractivity contribution in [2.45, 2.75) is 56.9 Å². The Morgan fingerprint density at radius 2 is 2.00 bits per heavy atom. The van der Waals surface area contributed by atoms with Crippen LogP contribution in [0, 0.1) is 5.92 Å². The highest BCUT2D eigenvalue weighted by molar-refractivity contribution is 5.76. The zero-order valence-electron chi connectivity index (χ0n) is 14.6. The second kappa shape index (κ2) is 7.97. The van der Waals surface area contributed by atoms with Crippen LogP contribution in [0.15, 0.2) is 18.3 Å². The monoisotopic (exact) mass is 331 g/mol. The van der Waals surface area contributed by atoms with Crippen LogP contribution in [-0.4, -0.2) is 42.0 Å². The molecule has 1 aliphatic heterocycles. The van der Waals surface area contributed by atoms with E-state index in [-0.39, 0.29) is 6.04 Å². The molecule has 132 valence electrons. The summed E-state index contributed by atoms with van der Waals surface area (Å²) in [5.41, 5.74) is 7.30. The van der Waals surface area contributed by atoms with Gasteiger partial charge in [0.15, 0.2) is 0 Å². The van der Waals surface area contributed by atoms with Crippen molar-refractivity contribution in [3.63, 3.8) is 0 Å². The second-order valence-corrected chi connectivity index (χ2v) is 7.19. The number of likely N-dealkylation sites (tertiary alicyclic amines) is 1. The Kier molecular flexibility index (Phi) is 5.72. The van der Waals surface area contributed by atoms with Gasteiger partial charge in [0.2, 0.25) is 5.91 Å². The second-order valence-electron chi connectivity index (χ2n) is 7.19. The number of aromatic nitrogens is 1. The maximum absolute atomic E-state index is 12.6. The molecule has 1 amide bonds. The molecule has 0 spiro atoms. The number of rotatable bonds is 4. The van der Waals surface area contributed by atoms with Gasteiger partial charge in [-0.25, -0.2) is 0 Å². The summed E-state index contributed by atoms with van der Waals surface area (Å²) in [6.45, 7) is 1.67. The Hall–Kier alpha value is -1.62. The normalized spacial score (nSPS) is 25.5. The Labute approximate surface area is 144 Å². The Morgan fingerprint density at radius 3 is 2.62 bits per heavy atom. The molecule has 1 aromatic rings. The van der Waals surface area contributed by atoms with Crippen LogP contribution >= 0.6 is 0 Å². The molecule has 3 rings (SSSR count). The summed E-state index contributed by atoms with van der Waals surface area (Å²) >= 11 is 0. The summed E-state index contributed by atoms with van der Waals surface area (Å²) in [7, 11) is 1.65. The first kappa shape index (κ1) is 17.2. The summed E-state index contributed by atoms with van der Waals surface area (Å²) in [6, 6.07) is 4.22. The van der Waals surface area contributed by atoms with E-state index in [4.69, 9.17) is 10.5 Å². The molecule has 0 unspecified atom stereocenters. The molecule has 5 heteroatoms. The van der Waals surface area contributed by atoms with Gasteiger partial charge in [0, 0.05) is 37.2 Å². The lowest BCUT2D eigenvalue weighted by Crippen LogP contribution is -2.42. The standard InChI is InChI=1S/C19H29N3O2/c1-24-16-6-7-18(21-13-16)14-8-10-22(11-9-14)19(23)12-15-4-2-3-5-17(15)20/h6-7,13-15,17H,2-5,8-12,20H2,1H3/t15-,17-/m0/s1. The van der Waals surface area contributed by atoms with Crippen molar-refractivity contribution in [2.24, 2.45) is 11.7 Å². The van der Waals surface area contributed by atoms with Crippen molar-refractivity contribution in [1.29, 1.82) is 0 Å². The maximum atomic E-state index is 12.6. The Morgan fingerprint density at radius 1 is 1.25 bits per heavy atom. The first-order chi connectivity index (χ1) is 11.7. The van der Waals surface area contributed by atoms with E-state index in [0.29, 0.717) is 24.2 Å². The average molecular weight is 331 g/mol. The third-order valence-corrected chi connectivity index (χ3v) is 5.67. The van der Waals surface area contributed by atoms with E-state index in [9.17, 15) is 4.79 Å². The van der Waals surface area contributed by atoms with Crippen LogP contribution in [0.25, 0.3) is 0 Å². The Balaban J connectivity index is 1.49. The van der Waals surface area contributed by atoms with E-state index < -0.39 is 0 Å². The third kappa shape index (κ3) is 4.07. The highest BCUT2D eigenvalue weighted by Crippen LogP contribution is 2.30. The first-order valence-corrected chi connectivity index (χ1v) is 9.20. The number of amides is 1. The van der Waals surface area contributed by atoms with Crippen LogP contribution in [0.5, 0.6) is 5.75 Å². The van der Waals surface area contributed by atoms with E-state index in [2.05, 4.69) is 4.98 Å². The molecule has 24 heavy (non-hydrogen) atoms. The summed E-state index contributed by atoms with van der Waals surface area (Å²) < 4.78 is 5.16. The number of hydrogen-bond donors (Lipinski definition) is 1. The van der Waals surface area contributed by atoms with Crippen LogP contribution < -0.4 is 10.5 Å². The fourth-order valence-corrected chi connectivity index (χ4v) is 4.02. The molecule has 2 aliphatic rings. The number of carbonyl (C=O) groups is 1. The molecule has 0 aromatic carbocycles. The van der Waals surface area contributed by atoms with Gasteiger partial charge in [0.25, 0.3) is 0 Å². The molecule has 1 aliphatic carbocycles. The molecule has 1 saturated carbocycles. The molecule has 2 N–H and O–H groups in total. The highest BCUT2D eigenvalue weighted by Gasteiger charge is 2.29. The zero-order chi connectivity index (χ0) is 16.9. The molecule has 5 nitrogen and oxygen atoms in total. The minimum absolute atomic E-state index is 0.212. The molecule has 1 aromatic heterocycles. The zero-order valence-corrected chi connectivity index (χ0v) is 14.6. The summed E-state index contributed by atoms with van der Waals surface area (Å²) in [5.74, 6) is 1.90. The fourth-order valence-electron chi connectivity index (χ4n) is 4.02. The molecule has 1 saturated heterocycles. The number of piperidine rings is 1. The number of nitrogens with zero attached hydrogens (tertiary/aromatic N) is 2. The van der Waals surface area contributed by atoms with Crippen LogP contribution in [0.1, 0.15) is 56.6 Å². The van der Waals surface area contributed by atoms with Gasteiger partial charge < -0.3 is 15.4 Å². The predicted molar refractivity (Wildman–Crippen MR) is 93.9 cm³/mol. The molecule has 0 bridgehead atoms. The van der Waals surface area contributed by atoms with E-state index >= 15 is 0 Å². The van der Waals surface area contributed by atoms with E-state index in [1.54, 1.807) is 13.3 Å². The van der Waals surface area contributed by atoms with Gasteiger partial charge in [-0.15, -0.1) is 0 Å². The molecule has 0 radical (unpaired) electrons. The predicted octanol–water partition coefficient (Wildman–Crippen LogP) is 2.70. The summed E-state index contributed by atoms with van der Waals surface area (Å²) in [5, 5.41) is 0. The van der Waals surface area contributed by atoms with E-state index in [1.807, 2.05) is 17.0 Å². The number of pyridine rings is 1. The number of hydrogen-bond acceptors (Lipinski definition) is 4. The van der Waals surface area contributed by atoms with Crippen LogP contribution in [0.3, 0.4) is 0 Å². The lowest BCUT2D eigenvalue weighted by atomic mass is 9.82. The number of ether oxygens (including phenoxy) is 1. The van der Waals surface area contributed by atoms with Crippen molar-refractivity contribution < 1.29 is 9.53 Å². The van der Waals surface area contributed by atoms with Crippen LogP contribution in [0.2, 0.25) is 0 Å². The van der Waals surface area contributed by atoms with E-state index in [1.165, 1.54) is 12.8 Å². The van der Waals surface area contributed by atoms with Crippen LogP contribution in [0.4, 0.5) is 0 Å². The van der Waals surface area contributed by atoms with Crippen LogP contribution in [-0.2, 0) is 4.79 Å². The highest BCUT2D eigenvalue weighted by atomic mass is 16.5. The molecule has 2 atom stereocenters. The van der Waals surface area contributed by atoms with Gasteiger partial charge in [0.05, 0.1) is 13.3 Å². The van der Waals surface area contributed by atoms with Gasteiger partial charge in [-0.2, -0.15) is 0 Å². The molecule has 2 fully saturated rings. The summed E-state index contributed by atoms with van der Waals surface area (Å²) in [6.07, 6.45) is 9.00. The summed E-state index contributed by atoms with van der Waals surface area (Å²) in [4.78, 5) is 19.1. The van der Waals surface area contributed by atoms with Gasteiger partial charge >= 0.3 is 0 Å². The smallest absolute Gasteiger partial charge is 0.222 e. The largest absolute Gasteiger partial charge is 0.495 e. The molecular weight excluding hydrogens is 302 g/mol. The first-order valence-electron chi connectivity index (χ1n) is 9.20.